The Kier molecular flexibility index (Phi) is 3.94. The number of halogens is 2. The summed E-state index contributed by atoms with van der Waals surface area (Å²) in [6.45, 7) is 2.19. The standard InChI is InChI=1S/C17H13Cl2NO2/c1-10-8-11(18)2-4-13(10)17(22)20-7-6-16(21)14-5-3-12(19)9-15(14)20/h2-5,8-9H,6-7H2,1H3. The molecule has 3 rings (SSSR count). The number of amides is 1. The highest BCUT2D eigenvalue weighted by molar-refractivity contribution is 6.31. The zero-order valence-corrected chi connectivity index (χ0v) is 13.4. The molecule has 0 saturated heterocycles. The number of rotatable bonds is 1. The molecule has 0 saturated carbocycles. The van der Waals surface area contributed by atoms with Gasteiger partial charge in [-0.3, -0.25) is 9.59 Å². The molecule has 5 heteroatoms. The molecule has 112 valence electrons. The first-order valence-electron chi connectivity index (χ1n) is 6.88. The number of nitrogens with zero attached hydrogens (tertiary/aromatic N) is 1. The molecule has 2 aromatic carbocycles. The average molecular weight is 334 g/mol. The second-order valence-electron chi connectivity index (χ2n) is 5.25. The van der Waals surface area contributed by atoms with Crippen molar-refractivity contribution in [2.24, 2.45) is 0 Å². The summed E-state index contributed by atoms with van der Waals surface area (Å²) in [5.74, 6) is -0.117. The SMILES string of the molecule is Cc1cc(Cl)ccc1C(=O)N1CCC(=O)c2ccc(Cl)cc21. The van der Waals surface area contributed by atoms with Crippen molar-refractivity contribution in [2.75, 3.05) is 11.4 Å². The van der Waals surface area contributed by atoms with Gasteiger partial charge in [-0.1, -0.05) is 23.2 Å². The Morgan fingerprint density at radius 3 is 2.50 bits per heavy atom. The number of aryl methyl sites for hydroxylation is 1. The number of ketones is 1. The molecular weight excluding hydrogens is 321 g/mol. The largest absolute Gasteiger partial charge is 0.307 e. The lowest BCUT2D eigenvalue weighted by Crippen LogP contribution is -2.37. The van der Waals surface area contributed by atoms with E-state index < -0.39 is 0 Å². The van der Waals surface area contributed by atoms with Crippen LogP contribution in [0.3, 0.4) is 0 Å². The van der Waals surface area contributed by atoms with Crippen LogP contribution in [0, 0.1) is 6.92 Å². The van der Waals surface area contributed by atoms with Gasteiger partial charge in [0.05, 0.1) is 5.69 Å². The number of hydrogen-bond donors (Lipinski definition) is 0. The van der Waals surface area contributed by atoms with Crippen LogP contribution in [-0.4, -0.2) is 18.2 Å². The number of Topliss-reactive ketones (excluding diaryl/α,β-unsaturated/α-hetero) is 1. The molecule has 2 aromatic rings. The van der Waals surface area contributed by atoms with Crippen molar-refractivity contribution in [2.45, 2.75) is 13.3 Å². The number of carbonyl (C=O) groups is 2. The Morgan fingerprint density at radius 2 is 1.77 bits per heavy atom. The monoisotopic (exact) mass is 333 g/mol. The van der Waals surface area contributed by atoms with E-state index in [0.29, 0.717) is 39.8 Å². The molecule has 3 nitrogen and oxygen atoms in total. The summed E-state index contributed by atoms with van der Waals surface area (Å²) in [5.41, 5.74) is 2.49. The van der Waals surface area contributed by atoms with E-state index in [1.807, 2.05) is 6.92 Å². The molecule has 0 unspecified atom stereocenters. The Hall–Kier alpha value is -1.84. The van der Waals surface area contributed by atoms with Crippen molar-refractivity contribution in [1.29, 1.82) is 0 Å². The number of fused-ring (bicyclic) bond motifs is 1. The molecule has 0 radical (unpaired) electrons. The van der Waals surface area contributed by atoms with Crippen LogP contribution < -0.4 is 4.90 Å². The van der Waals surface area contributed by atoms with Crippen molar-refractivity contribution >= 4 is 40.6 Å². The smallest absolute Gasteiger partial charge is 0.258 e. The number of carbonyl (C=O) groups excluding carboxylic acids is 2. The average Bonchev–Trinajstić information content (AvgIpc) is 2.47. The van der Waals surface area contributed by atoms with Crippen LogP contribution >= 0.6 is 23.2 Å². The molecule has 0 bridgehead atoms. The lowest BCUT2D eigenvalue weighted by atomic mass is 9.98. The van der Waals surface area contributed by atoms with Gasteiger partial charge in [-0.05, 0) is 48.9 Å². The molecule has 0 N–H and O–H groups in total. The number of hydrogen-bond acceptors (Lipinski definition) is 2. The van der Waals surface area contributed by atoms with E-state index >= 15 is 0 Å². The number of benzene rings is 2. The van der Waals surface area contributed by atoms with Gasteiger partial charge in [-0.15, -0.1) is 0 Å². The quantitative estimate of drug-likeness (QED) is 0.768. The molecule has 1 aliphatic rings. The topological polar surface area (TPSA) is 37.4 Å². The van der Waals surface area contributed by atoms with Crippen molar-refractivity contribution in [3.8, 4) is 0 Å². The fourth-order valence-electron chi connectivity index (χ4n) is 2.66. The summed E-state index contributed by atoms with van der Waals surface area (Å²) in [5, 5.41) is 1.09. The van der Waals surface area contributed by atoms with Crippen LogP contribution in [0.2, 0.25) is 10.0 Å². The molecule has 1 heterocycles. The fraction of sp³-hybridized carbons (Fsp3) is 0.176. The minimum atomic E-state index is -0.148. The second-order valence-corrected chi connectivity index (χ2v) is 6.12. The van der Waals surface area contributed by atoms with Crippen LogP contribution in [0.5, 0.6) is 0 Å². The van der Waals surface area contributed by atoms with Crippen LogP contribution in [-0.2, 0) is 0 Å². The third kappa shape index (κ3) is 2.62. The highest BCUT2D eigenvalue weighted by Gasteiger charge is 2.28. The van der Waals surface area contributed by atoms with Gasteiger partial charge < -0.3 is 4.90 Å². The minimum absolute atomic E-state index is 0.0311. The zero-order chi connectivity index (χ0) is 15.9. The Labute approximate surface area is 138 Å². The van der Waals surface area contributed by atoms with Crippen molar-refractivity contribution in [3.05, 3.63) is 63.1 Å². The first kappa shape index (κ1) is 15.1. The summed E-state index contributed by atoms with van der Waals surface area (Å²) in [7, 11) is 0. The van der Waals surface area contributed by atoms with Crippen molar-refractivity contribution < 1.29 is 9.59 Å². The van der Waals surface area contributed by atoms with E-state index in [1.54, 1.807) is 41.3 Å². The number of anilines is 1. The lowest BCUT2D eigenvalue weighted by molar-refractivity contribution is 0.0955. The van der Waals surface area contributed by atoms with E-state index in [-0.39, 0.29) is 11.7 Å². The summed E-state index contributed by atoms with van der Waals surface area (Å²) < 4.78 is 0. The summed E-state index contributed by atoms with van der Waals surface area (Å²) >= 11 is 12.0. The summed E-state index contributed by atoms with van der Waals surface area (Å²) in [6.07, 6.45) is 0.313. The Bertz CT molecular complexity index is 786. The molecule has 22 heavy (non-hydrogen) atoms. The third-order valence-electron chi connectivity index (χ3n) is 3.78. The van der Waals surface area contributed by atoms with Gasteiger partial charge in [-0.25, -0.2) is 0 Å². The minimum Gasteiger partial charge on any atom is -0.307 e. The molecule has 1 aliphatic heterocycles. The van der Waals surface area contributed by atoms with Crippen LogP contribution in [0.1, 0.15) is 32.7 Å². The Morgan fingerprint density at radius 1 is 1.09 bits per heavy atom. The third-order valence-corrected chi connectivity index (χ3v) is 4.25. The lowest BCUT2D eigenvalue weighted by Gasteiger charge is -2.29. The highest BCUT2D eigenvalue weighted by Crippen LogP contribution is 2.31. The van der Waals surface area contributed by atoms with Gasteiger partial charge in [0.1, 0.15) is 0 Å². The predicted molar refractivity (Wildman–Crippen MR) is 88.3 cm³/mol. The van der Waals surface area contributed by atoms with Crippen LogP contribution in [0.4, 0.5) is 5.69 Å². The summed E-state index contributed by atoms with van der Waals surface area (Å²) in [4.78, 5) is 26.5. The first-order valence-corrected chi connectivity index (χ1v) is 7.64. The van der Waals surface area contributed by atoms with E-state index in [1.165, 1.54) is 0 Å². The maximum atomic E-state index is 12.8. The van der Waals surface area contributed by atoms with Gasteiger partial charge in [0.15, 0.2) is 5.78 Å². The van der Waals surface area contributed by atoms with E-state index in [4.69, 9.17) is 23.2 Å². The molecular formula is C17H13Cl2NO2. The maximum Gasteiger partial charge on any atom is 0.258 e. The molecule has 0 atom stereocenters. The van der Waals surface area contributed by atoms with Crippen molar-refractivity contribution in [3.63, 3.8) is 0 Å². The van der Waals surface area contributed by atoms with Crippen LogP contribution in [0.15, 0.2) is 36.4 Å². The first-order chi connectivity index (χ1) is 10.5. The molecule has 1 amide bonds. The van der Waals surface area contributed by atoms with Gasteiger partial charge >= 0.3 is 0 Å². The van der Waals surface area contributed by atoms with Crippen LogP contribution in [0.25, 0.3) is 0 Å². The van der Waals surface area contributed by atoms with Crippen molar-refractivity contribution in [1.82, 2.24) is 0 Å². The van der Waals surface area contributed by atoms with E-state index in [9.17, 15) is 9.59 Å². The highest BCUT2D eigenvalue weighted by atomic mass is 35.5. The predicted octanol–water partition coefficient (Wildman–Crippen LogP) is 4.54. The normalized spacial score (nSPS) is 14.0. The van der Waals surface area contributed by atoms with Gasteiger partial charge in [0, 0.05) is 34.1 Å². The van der Waals surface area contributed by atoms with Gasteiger partial charge in [0.2, 0.25) is 0 Å². The summed E-state index contributed by atoms with van der Waals surface area (Å²) in [6, 6.07) is 10.2. The van der Waals surface area contributed by atoms with Gasteiger partial charge in [0.25, 0.3) is 5.91 Å². The second kappa shape index (κ2) is 5.75. The van der Waals surface area contributed by atoms with Gasteiger partial charge in [-0.2, -0.15) is 0 Å². The fourth-order valence-corrected chi connectivity index (χ4v) is 3.05. The Balaban J connectivity index is 2.06. The van der Waals surface area contributed by atoms with E-state index in [0.717, 1.165) is 5.56 Å². The molecule has 0 aliphatic carbocycles. The molecule has 0 fully saturated rings. The maximum absolute atomic E-state index is 12.8. The molecule has 0 spiro atoms. The zero-order valence-electron chi connectivity index (χ0n) is 11.9. The molecule has 0 aromatic heterocycles. The van der Waals surface area contributed by atoms with E-state index in [2.05, 4.69) is 0 Å².